The lowest BCUT2D eigenvalue weighted by Gasteiger charge is -2.32. The van der Waals surface area contributed by atoms with Gasteiger partial charge in [-0.15, -0.1) is 12.6 Å². The van der Waals surface area contributed by atoms with Crippen molar-refractivity contribution in [2.45, 2.75) is 23.9 Å². The van der Waals surface area contributed by atoms with Gasteiger partial charge >= 0.3 is 17.3 Å². The average Bonchev–Trinajstić information content (AvgIpc) is 2.24. The van der Waals surface area contributed by atoms with Crippen molar-refractivity contribution in [3.05, 3.63) is 34.6 Å². The molecular weight excluding hydrogens is 337 g/mol. The molecule has 114 valence electrons. The zero-order valence-corrected chi connectivity index (χ0v) is 11.0. The zero-order chi connectivity index (χ0) is 15.8. The first-order valence-electron chi connectivity index (χ1n) is 4.83. The van der Waals surface area contributed by atoms with Gasteiger partial charge in [0.2, 0.25) is 0 Å². The Morgan fingerprint density at radius 1 is 1.05 bits per heavy atom. The van der Waals surface area contributed by atoms with Crippen molar-refractivity contribution in [1.82, 2.24) is 0 Å². The lowest BCUT2D eigenvalue weighted by molar-refractivity contribution is -0.342. The molecule has 0 spiro atoms. The Morgan fingerprint density at radius 2 is 1.55 bits per heavy atom. The van der Waals surface area contributed by atoms with Gasteiger partial charge in [-0.05, 0) is 12.1 Å². The van der Waals surface area contributed by atoms with E-state index in [1.165, 1.54) is 0 Å². The molecule has 1 aromatic carbocycles. The molecule has 0 aromatic heterocycles. The number of alkyl halides is 6. The van der Waals surface area contributed by atoms with Crippen LogP contribution in [0.25, 0.3) is 0 Å². The van der Waals surface area contributed by atoms with E-state index in [0.717, 1.165) is 18.2 Å². The molecule has 0 atom stereocenters. The van der Waals surface area contributed by atoms with Gasteiger partial charge in [0.25, 0.3) is 0 Å². The summed E-state index contributed by atoms with van der Waals surface area (Å²) in [7, 11) is 0. The van der Waals surface area contributed by atoms with Gasteiger partial charge in [-0.25, -0.2) is 4.39 Å². The summed E-state index contributed by atoms with van der Waals surface area (Å²) in [5.41, 5.74) is -0.624. The van der Waals surface area contributed by atoms with E-state index in [9.17, 15) is 30.7 Å². The van der Waals surface area contributed by atoms with Crippen LogP contribution in [0.5, 0.6) is 0 Å². The molecule has 0 bridgehead atoms. The molecule has 0 unspecified atom stereocenters. The largest absolute Gasteiger partial charge is 0.436 e. The first kappa shape index (κ1) is 17.4. The van der Waals surface area contributed by atoms with Crippen LogP contribution in [0.1, 0.15) is 5.56 Å². The van der Waals surface area contributed by atoms with Crippen molar-refractivity contribution in [2.75, 3.05) is 0 Å². The van der Waals surface area contributed by atoms with E-state index in [0.29, 0.717) is 0 Å². The summed E-state index contributed by atoms with van der Waals surface area (Å²) in [6, 6.07) is 3.07. The maximum atomic E-state index is 13.3. The SMILES string of the molecule is Fc1cccc(Cl)c1COC(S)(C(F)(F)F)C(F)(F)F. The van der Waals surface area contributed by atoms with Gasteiger partial charge < -0.3 is 4.74 Å². The molecule has 0 aliphatic heterocycles. The van der Waals surface area contributed by atoms with E-state index in [-0.39, 0.29) is 5.02 Å². The highest BCUT2D eigenvalue weighted by Crippen LogP contribution is 2.49. The van der Waals surface area contributed by atoms with Crippen molar-refractivity contribution in [2.24, 2.45) is 0 Å². The van der Waals surface area contributed by atoms with Gasteiger partial charge in [-0.3, -0.25) is 0 Å². The maximum absolute atomic E-state index is 13.3. The van der Waals surface area contributed by atoms with Crippen molar-refractivity contribution in [3.8, 4) is 0 Å². The van der Waals surface area contributed by atoms with E-state index in [2.05, 4.69) is 17.4 Å². The molecule has 0 radical (unpaired) electrons. The number of halogens is 8. The Balaban J connectivity index is 3.06. The van der Waals surface area contributed by atoms with Gasteiger partial charge in [0.1, 0.15) is 5.82 Å². The summed E-state index contributed by atoms with van der Waals surface area (Å²) in [5, 5.41) is -0.356. The molecule has 0 saturated heterocycles. The molecule has 0 N–H and O–H groups in total. The van der Waals surface area contributed by atoms with E-state index in [1.54, 1.807) is 0 Å². The van der Waals surface area contributed by atoms with Crippen molar-refractivity contribution in [1.29, 1.82) is 0 Å². The van der Waals surface area contributed by atoms with E-state index < -0.39 is 35.3 Å². The van der Waals surface area contributed by atoms with Crippen molar-refractivity contribution < 1.29 is 35.5 Å². The second kappa shape index (κ2) is 5.61. The second-order valence-corrected chi connectivity index (χ2v) is 4.67. The maximum Gasteiger partial charge on any atom is 0.436 e. The third kappa shape index (κ3) is 3.32. The Hall–Kier alpha value is -0.670. The molecular formula is C10H6ClF7OS. The van der Waals surface area contributed by atoms with Crippen molar-refractivity contribution in [3.63, 3.8) is 0 Å². The summed E-state index contributed by atoms with van der Waals surface area (Å²) in [4.78, 5) is -4.72. The molecule has 0 heterocycles. The summed E-state index contributed by atoms with van der Waals surface area (Å²) in [6.07, 6.45) is -11.7. The molecule has 20 heavy (non-hydrogen) atoms. The highest BCUT2D eigenvalue weighted by molar-refractivity contribution is 7.81. The lowest BCUT2D eigenvalue weighted by Crippen LogP contribution is -2.54. The van der Waals surface area contributed by atoms with Crippen LogP contribution in [0.2, 0.25) is 5.02 Å². The molecule has 1 nitrogen and oxygen atoms in total. The van der Waals surface area contributed by atoms with Crippen LogP contribution in [0.4, 0.5) is 30.7 Å². The third-order valence-electron chi connectivity index (χ3n) is 2.26. The minimum absolute atomic E-state index is 0.356. The van der Waals surface area contributed by atoms with Gasteiger partial charge in [0.05, 0.1) is 6.61 Å². The number of ether oxygens (including phenoxy) is 1. The zero-order valence-electron chi connectivity index (χ0n) is 9.32. The summed E-state index contributed by atoms with van der Waals surface area (Å²) in [5.74, 6) is -1.09. The molecule has 10 heteroatoms. The molecule has 1 rings (SSSR count). The van der Waals surface area contributed by atoms with Crippen molar-refractivity contribution >= 4 is 24.2 Å². The van der Waals surface area contributed by atoms with Crippen LogP contribution in [0.15, 0.2) is 18.2 Å². The van der Waals surface area contributed by atoms with Gasteiger partial charge in [-0.1, -0.05) is 17.7 Å². The standard InChI is InChI=1S/C10H6ClF7OS/c11-6-2-1-3-7(12)5(6)4-19-8(20,9(13,14)15)10(16,17)18/h1-3,20H,4H2. The van der Waals surface area contributed by atoms with Crippen LogP contribution in [-0.2, 0) is 11.3 Å². The van der Waals surface area contributed by atoms with Crippen LogP contribution >= 0.6 is 24.2 Å². The van der Waals surface area contributed by atoms with E-state index in [1.807, 2.05) is 0 Å². The number of hydrogen-bond donors (Lipinski definition) is 1. The summed E-state index contributed by atoms with van der Waals surface area (Å²) >= 11 is 8.02. The minimum Gasteiger partial charge on any atom is -0.344 e. The summed E-state index contributed by atoms with van der Waals surface area (Å²) < 4.78 is 91.8. The fourth-order valence-corrected chi connectivity index (χ4v) is 1.45. The summed E-state index contributed by atoms with van der Waals surface area (Å²) in [6.45, 7) is -1.34. The monoisotopic (exact) mass is 342 g/mol. The van der Waals surface area contributed by atoms with Gasteiger partial charge in [0, 0.05) is 10.6 Å². The Labute approximate surface area is 119 Å². The Bertz CT molecular complexity index is 451. The first-order chi connectivity index (χ1) is 8.90. The molecule has 0 aliphatic rings. The number of hydrogen-bond acceptors (Lipinski definition) is 2. The Morgan fingerprint density at radius 3 is 1.95 bits per heavy atom. The van der Waals surface area contributed by atoms with E-state index in [4.69, 9.17) is 11.6 Å². The predicted molar refractivity (Wildman–Crippen MR) is 60.0 cm³/mol. The predicted octanol–water partition coefficient (Wildman–Crippen LogP) is 4.75. The Kier molecular flexibility index (Phi) is 4.87. The fourth-order valence-electron chi connectivity index (χ4n) is 1.17. The number of benzene rings is 1. The molecule has 0 fully saturated rings. The molecule has 0 aliphatic carbocycles. The van der Waals surface area contributed by atoms with Gasteiger partial charge in [0.15, 0.2) is 0 Å². The highest BCUT2D eigenvalue weighted by atomic mass is 35.5. The fraction of sp³-hybridized carbons (Fsp3) is 0.400. The number of rotatable bonds is 3. The quantitative estimate of drug-likeness (QED) is 0.474. The second-order valence-electron chi connectivity index (χ2n) is 3.63. The van der Waals surface area contributed by atoms with Crippen LogP contribution in [0, 0.1) is 5.82 Å². The normalized spacial score (nSPS) is 13.7. The molecule has 0 saturated carbocycles. The topological polar surface area (TPSA) is 9.23 Å². The first-order valence-corrected chi connectivity index (χ1v) is 5.65. The number of thiol groups is 1. The lowest BCUT2D eigenvalue weighted by atomic mass is 10.2. The van der Waals surface area contributed by atoms with Crippen LogP contribution in [-0.4, -0.2) is 17.3 Å². The highest BCUT2D eigenvalue weighted by Gasteiger charge is 2.70. The molecule has 1 aromatic rings. The third-order valence-corrected chi connectivity index (χ3v) is 3.25. The van der Waals surface area contributed by atoms with Crippen LogP contribution in [0.3, 0.4) is 0 Å². The smallest absolute Gasteiger partial charge is 0.344 e. The molecule has 0 amide bonds. The van der Waals surface area contributed by atoms with E-state index >= 15 is 0 Å². The van der Waals surface area contributed by atoms with Crippen LogP contribution < -0.4 is 0 Å². The average molecular weight is 343 g/mol. The minimum atomic E-state index is -5.84. The van der Waals surface area contributed by atoms with Gasteiger partial charge in [-0.2, -0.15) is 26.3 Å².